The van der Waals surface area contributed by atoms with Crippen molar-refractivity contribution in [3.05, 3.63) is 57.6 Å². The Kier molecular flexibility index (Phi) is 4.62. The molecule has 0 fully saturated rings. The van der Waals surface area contributed by atoms with E-state index in [2.05, 4.69) is 15.9 Å². The Morgan fingerprint density at radius 3 is 2.54 bits per heavy atom. The van der Waals surface area contributed by atoms with Crippen LogP contribution in [0.15, 0.2) is 40.9 Å². The van der Waals surface area contributed by atoms with Crippen LogP contribution in [-0.4, -0.2) is 42.4 Å². The summed E-state index contributed by atoms with van der Waals surface area (Å²) in [5, 5.41) is 9.02. The minimum Gasteiger partial charge on any atom is -0.454 e. The number of hydrogen-bond donors (Lipinski definition) is 1. The van der Waals surface area contributed by atoms with Gasteiger partial charge in [-0.15, -0.1) is 0 Å². The fourth-order valence-electron chi connectivity index (χ4n) is 3.61. The molecule has 0 radical (unpaired) electrons. The highest BCUT2D eigenvalue weighted by Crippen LogP contribution is 2.43. The molecule has 1 N–H and O–H groups in total. The molecule has 4 nitrogen and oxygen atoms in total. The van der Waals surface area contributed by atoms with Gasteiger partial charge in [-0.3, -0.25) is 4.90 Å². The normalized spacial score (nSPS) is 19.5. The number of halogens is 3. The van der Waals surface area contributed by atoms with Crippen molar-refractivity contribution in [1.82, 2.24) is 4.90 Å². The zero-order chi connectivity index (χ0) is 18.3. The minimum absolute atomic E-state index is 0.174. The molecule has 4 rings (SSSR count). The molecule has 26 heavy (non-hydrogen) atoms. The molecule has 7 heteroatoms. The molecule has 0 bridgehead atoms. The zero-order valence-corrected chi connectivity index (χ0v) is 15.5. The summed E-state index contributed by atoms with van der Waals surface area (Å²) in [6, 6.07) is 11.2. The third-order valence-corrected chi connectivity index (χ3v) is 5.34. The molecular formula is C19H18BrF2NO3. The van der Waals surface area contributed by atoms with Gasteiger partial charge in [0.2, 0.25) is 6.79 Å². The fraction of sp³-hybridized carbons (Fsp3) is 0.368. The molecule has 2 aliphatic heterocycles. The number of nitrogens with zero attached hydrogens (tertiary/aromatic N) is 1. The van der Waals surface area contributed by atoms with Gasteiger partial charge < -0.3 is 14.6 Å². The first-order valence-electron chi connectivity index (χ1n) is 8.37. The largest absolute Gasteiger partial charge is 0.454 e. The van der Waals surface area contributed by atoms with E-state index < -0.39 is 19.1 Å². The van der Waals surface area contributed by atoms with E-state index in [-0.39, 0.29) is 12.8 Å². The van der Waals surface area contributed by atoms with E-state index >= 15 is 0 Å². The first-order chi connectivity index (χ1) is 12.5. The van der Waals surface area contributed by atoms with Crippen LogP contribution in [0.1, 0.15) is 22.7 Å². The summed E-state index contributed by atoms with van der Waals surface area (Å²) in [6.45, 7) is -1.01. The lowest BCUT2D eigenvalue weighted by molar-refractivity contribution is -0.0786. The van der Waals surface area contributed by atoms with E-state index in [0.29, 0.717) is 24.5 Å². The summed E-state index contributed by atoms with van der Waals surface area (Å²) in [4.78, 5) is 1.73. The molecule has 2 aromatic rings. The summed E-state index contributed by atoms with van der Waals surface area (Å²) in [5.74, 6) is -1.81. The second kappa shape index (κ2) is 6.79. The first kappa shape index (κ1) is 17.7. The van der Waals surface area contributed by atoms with Crippen molar-refractivity contribution in [1.29, 1.82) is 0 Å². The van der Waals surface area contributed by atoms with Gasteiger partial charge in [-0.25, -0.2) is 8.78 Å². The van der Waals surface area contributed by atoms with Crippen molar-refractivity contribution in [3.63, 3.8) is 0 Å². The lowest BCUT2D eigenvalue weighted by Crippen LogP contribution is -2.44. The van der Waals surface area contributed by atoms with Crippen LogP contribution in [0, 0.1) is 0 Å². The number of hydrogen-bond acceptors (Lipinski definition) is 4. The number of aliphatic hydroxyl groups is 1. The number of rotatable bonds is 4. The Morgan fingerprint density at radius 2 is 1.85 bits per heavy atom. The van der Waals surface area contributed by atoms with Gasteiger partial charge in [0.15, 0.2) is 11.5 Å². The number of alkyl halides is 2. The van der Waals surface area contributed by atoms with Crippen LogP contribution >= 0.6 is 15.9 Å². The highest BCUT2D eigenvalue weighted by Gasteiger charge is 2.38. The van der Waals surface area contributed by atoms with Crippen molar-refractivity contribution >= 4 is 15.9 Å². The van der Waals surface area contributed by atoms with Crippen LogP contribution in [0.4, 0.5) is 8.78 Å². The van der Waals surface area contributed by atoms with Gasteiger partial charge >= 0.3 is 0 Å². The van der Waals surface area contributed by atoms with Crippen LogP contribution in [0.5, 0.6) is 11.5 Å². The van der Waals surface area contributed by atoms with Crippen LogP contribution in [0.3, 0.4) is 0 Å². The van der Waals surface area contributed by atoms with Gasteiger partial charge in [0.1, 0.15) is 6.61 Å². The minimum atomic E-state index is -3.15. The molecule has 0 aromatic heterocycles. The molecule has 1 unspecified atom stereocenters. The summed E-state index contributed by atoms with van der Waals surface area (Å²) in [6.07, 6.45) is 0.639. The van der Waals surface area contributed by atoms with Crippen molar-refractivity contribution in [3.8, 4) is 11.5 Å². The first-order valence-corrected chi connectivity index (χ1v) is 9.17. The van der Waals surface area contributed by atoms with E-state index in [4.69, 9.17) is 14.6 Å². The third kappa shape index (κ3) is 3.31. The highest BCUT2D eigenvalue weighted by molar-refractivity contribution is 9.10. The van der Waals surface area contributed by atoms with Crippen molar-refractivity contribution < 1.29 is 23.4 Å². The molecule has 0 saturated carbocycles. The second-order valence-electron chi connectivity index (χ2n) is 6.59. The standard InChI is InChI=1S/C19H18BrF2NO3/c20-14-3-1-12(2-4-14)18-15-8-17-16(25-11-26-17)7-13(15)5-6-23(18)9-19(21,22)10-24/h1-4,7-8,18,24H,5-6,9-11H2. The smallest absolute Gasteiger partial charge is 0.283 e. The van der Waals surface area contributed by atoms with Crippen LogP contribution in [0.25, 0.3) is 0 Å². The summed E-state index contributed by atoms with van der Waals surface area (Å²) in [7, 11) is 0. The lowest BCUT2D eigenvalue weighted by atomic mass is 9.87. The second-order valence-corrected chi connectivity index (χ2v) is 7.51. The summed E-state index contributed by atoms with van der Waals surface area (Å²) >= 11 is 3.41. The van der Waals surface area contributed by atoms with E-state index in [1.165, 1.54) is 0 Å². The molecule has 138 valence electrons. The molecule has 0 aliphatic carbocycles. The van der Waals surface area contributed by atoms with Crippen LogP contribution in [0.2, 0.25) is 0 Å². The van der Waals surface area contributed by atoms with Gasteiger partial charge in [-0.05, 0) is 47.4 Å². The lowest BCUT2D eigenvalue weighted by Gasteiger charge is -2.39. The van der Waals surface area contributed by atoms with E-state index in [9.17, 15) is 8.78 Å². The molecule has 2 aliphatic rings. The van der Waals surface area contributed by atoms with Gasteiger partial charge in [0.05, 0.1) is 12.6 Å². The Labute approximate surface area is 158 Å². The van der Waals surface area contributed by atoms with Crippen molar-refractivity contribution in [2.75, 3.05) is 26.5 Å². The van der Waals surface area contributed by atoms with E-state index in [0.717, 1.165) is 21.2 Å². The Morgan fingerprint density at radius 1 is 1.15 bits per heavy atom. The third-order valence-electron chi connectivity index (χ3n) is 4.81. The van der Waals surface area contributed by atoms with E-state index in [1.54, 1.807) is 4.90 Å². The maximum atomic E-state index is 13.9. The molecule has 1 atom stereocenters. The Bertz CT molecular complexity index is 813. The maximum absolute atomic E-state index is 13.9. The topological polar surface area (TPSA) is 41.9 Å². The molecule has 2 aromatic carbocycles. The molecule has 0 spiro atoms. The predicted molar refractivity (Wildman–Crippen MR) is 95.9 cm³/mol. The number of ether oxygens (including phenoxy) is 2. The van der Waals surface area contributed by atoms with Gasteiger partial charge in [-0.2, -0.15) is 0 Å². The number of benzene rings is 2. The number of aliphatic hydroxyl groups excluding tert-OH is 1. The quantitative estimate of drug-likeness (QED) is 0.809. The number of fused-ring (bicyclic) bond motifs is 2. The summed E-state index contributed by atoms with van der Waals surface area (Å²) < 4.78 is 39.8. The molecule has 0 amide bonds. The van der Waals surface area contributed by atoms with Gasteiger partial charge in [0, 0.05) is 11.0 Å². The SMILES string of the molecule is OCC(F)(F)CN1CCc2cc3c(cc2C1c1ccc(Br)cc1)OCO3. The predicted octanol–water partition coefficient (Wildman–Crippen LogP) is 3.75. The molecule has 2 heterocycles. The molecule has 0 saturated heterocycles. The Hall–Kier alpha value is -1.70. The highest BCUT2D eigenvalue weighted by atomic mass is 79.9. The van der Waals surface area contributed by atoms with Crippen LogP contribution in [-0.2, 0) is 6.42 Å². The van der Waals surface area contributed by atoms with Gasteiger partial charge in [0.25, 0.3) is 5.92 Å². The average Bonchev–Trinajstić information content (AvgIpc) is 3.08. The van der Waals surface area contributed by atoms with Crippen molar-refractivity contribution in [2.24, 2.45) is 0 Å². The monoisotopic (exact) mass is 425 g/mol. The fourth-order valence-corrected chi connectivity index (χ4v) is 3.88. The van der Waals surface area contributed by atoms with E-state index in [1.807, 2.05) is 36.4 Å². The Balaban J connectivity index is 1.78. The summed E-state index contributed by atoms with van der Waals surface area (Å²) in [5.41, 5.74) is 2.93. The average molecular weight is 426 g/mol. The van der Waals surface area contributed by atoms with Crippen LogP contribution < -0.4 is 9.47 Å². The van der Waals surface area contributed by atoms with Gasteiger partial charge in [-0.1, -0.05) is 28.1 Å². The van der Waals surface area contributed by atoms with Crippen molar-refractivity contribution in [2.45, 2.75) is 18.4 Å². The zero-order valence-electron chi connectivity index (χ0n) is 13.9. The maximum Gasteiger partial charge on any atom is 0.283 e. The molecular weight excluding hydrogens is 408 g/mol.